The number of carbonyl (C=O) groups is 2. The van der Waals surface area contributed by atoms with Crippen LogP contribution in [0.15, 0.2) is 49.1 Å². The molecule has 140 valence electrons. The number of benzene rings is 2. The zero-order chi connectivity index (χ0) is 19.7. The van der Waals surface area contributed by atoms with Gasteiger partial charge >= 0.3 is 5.97 Å². The number of halogens is 2. The van der Waals surface area contributed by atoms with Crippen LogP contribution in [0, 0.1) is 0 Å². The predicted molar refractivity (Wildman–Crippen MR) is 106 cm³/mol. The third kappa shape index (κ3) is 3.47. The predicted octanol–water partition coefficient (Wildman–Crippen LogP) is 5.61. The number of nitrogens with zero attached hydrogens (tertiary/aromatic N) is 1. The molecule has 0 aliphatic carbocycles. The van der Waals surface area contributed by atoms with Crippen molar-refractivity contribution in [1.29, 1.82) is 0 Å². The van der Waals surface area contributed by atoms with Gasteiger partial charge in [0.25, 0.3) is 5.91 Å². The van der Waals surface area contributed by atoms with Gasteiger partial charge in [-0.1, -0.05) is 35.3 Å². The van der Waals surface area contributed by atoms with Crippen LogP contribution in [0.4, 0.5) is 0 Å². The topological polar surface area (TPSA) is 46.6 Å². The molecule has 3 rings (SSSR count). The molecule has 0 aromatic heterocycles. The van der Waals surface area contributed by atoms with Crippen molar-refractivity contribution >= 4 is 35.1 Å². The second-order valence-electron chi connectivity index (χ2n) is 6.40. The van der Waals surface area contributed by atoms with Crippen LogP contribution in [0.1, 0.15) is 57.3 Å². The molecule has 4 nitrogen and oxygen atoms in total. The minimum absolute atomic E-state index is 0.0909. The molecule has 0 radical (unpaired) electrons. The SMILES string of the molecule is C=CCC(c1ccc(Cl)c(Cl)c1)N1C(=O)c2ccc(C(=O)OC)cc2C1C. The molecule has 2 unspecified atom stereocenters. The summed E-state index contributed by atoms with van der Waals surface area (Å²) in [5.41, 5.74) is 2.69. The molecule has 0 saturated carbocycles. The molecular formula is C21H19Cl2NO3. The molecule has 1 aliphatic heterocycles. The number of rotatable bonds is 5. The third-order valence-electron chi connectivity index (χ3n) is 4.86. The number of methoxy groups -OCH3 is 1. The fourth-order valence-corrected chi connectivity index (χ4v) is 3.82. The van der Waals surface area contributed by atoms with Crippen molar-refractivity contribution in [3.05, 3.63) is 81.4 Å². The molecule has 0 spiro atoms. The van der Waals surface area contributed by atoms with Gasteiger partial charge in [0.2, 0.25) is 0 Å². The van der Waals surface area contributed by atoms with Gasteiger partial charge in [-0.2, -0.15) is 0 Å². The number of hydrogen-bond donors (Lipinski definition) is 0. The number of amides is 1. The average Bonchev–Trinajstić information content (AvgIpc) is 2.91. The molecule has 2 aromatic carbocycles. The van der Waals surface area contributed by atoms with E-state index in [-0.39, 0.29) is 18.0 Å². The maximum Gasteiger partial charge on any atom is 0.337 e. The summed E-state index contributed by atoms with van der Waals surface area (Å²) in [6.45, 7) is 5.77. The molecule has 0 N–H and O–H groups in total. The molecule has 6 heteroatoms. The van der Waals surface area contributed by atoms with E-state index in [1.807, 2.05) is 13.0 Å². The first kappa shape index (κ1) is 19.5. The minimum Gasteiger partial charge on any atom is -0.465 e. The quantitative estimate of drug-likeness (QED) is 0.481. The van der Waals surface area contributed by atoms with Gasteiger partial charge < -0.3 is 9.64 Å². The van der Waals surface area contributed by atoms with Crippen molar-refractivity contribution in [3.63, 3.8) is 0 Å². The third-order valence-corrected chi connectivity index (χ3v) is 5.60. The van der Waals surface area contributed by atoms with E-state index in [2.05, 4.69) is 6.58 Å². The molecule has 1 aliphatic rings. The van der Waals surface area contributed by atoms with Crippen LogP contribution < -0.4 is 0 Å². The Kier molecular flexibility index (Phi) is 5.59. The number of carbonyl (C=O) groups excluding carboxylic acids is 2. The standard InChI is InChI=1S/C21H19Cl2NO3/c1-4-5-19(13-7-9-17(22)18(23)11-13)24-12(2)16-10-14(21(26)27-3)6-8-15(16)20(24)25/h4,6-12,19H,1,5H2,2-3H3. The Hall–Kier alpha value is -2.30. The molecule has 0 fully saturated rings. The summed E-state index contributed by atoms with van der Waals surface area (Å²) < 4.78 is 4.79. The number of esters is 1. The van der Waals surface area contributed by atoms with Gasteiger partial charge in [-0.15, -0.1) is 6.58 Å². The lowest BCUT2D eigenvalue weighted by atomic mass is 9.99. The Labute approximate surface area is 168 Å². The van der Waals surface area contributed by atoms with Crippen molar-refractivity contribution in [3.8, 4) is 0 Å². The highest BCUT2D eigenvalue weighted by Crippen LogP contribution is 2.42. The van der Waals surface area contributed by atoms with E-state index in [0.29, 0.717) is 27.6 Å². The Balaban J connectivity index is 2.03. The van der Waals surface area contributed by atoms with E-state index in [4.69, 9.17) is 27.9 Å². The maximum absolute atomic E-state index is 13.1. The Morgan fingerprint density at radius 3 is 2.63 bits per heavy atom. The number of ether oxygens (including phenoxy) is 1. The number of hydrogen-bond acceptors (Lipinski definition) is 3. The highest BCUT2D eigenvalue weighted by atomic mass is 35.5. The first-order valence-electron chi connectivity index (χ1n) is 8.49. The minimum atomic E-state index is -0.428. The second-order valence-corrected chi connectivity index (χ2v) is 7.21. The van der Waals surface area contributed by atoms with Gasteiger partial charge in [0.05, 0.1) is 34.8 Å². The van der Waals surface area contributed by atoms with Gasteiger partial charge in [0.1, 0.15) is 0 Å². The van der Waals surface area contributed by atoms with Crippen molar-refractivity contribution in [2.24, 2.45) is 0 Å². The lowest BCUT2D eigenvalue weighted by Gasteiger charge is -2.32. The summed E-state index contributed by atoms with van der Waals surface area (Å²) in [5.74, 6) is -0.519. The lowest BCUT2D eigenvalue weighted by Crippen LogP contribution is -2.31. The van der Waals surface area contributed by atoms with Gasteiger partial charge in [0.15, 0.2) is 0 Å². The Morgan fingerprint density at radius 2 is 2.00 bits per heavy atom. The molecule has 1 amide bonds. The molecule has 2 atom stereocenters. The first-order valence-corrected chi connectivity index (χ1v) is 9.25. The molecular weight excluding hydrogens is 385 g/mol. The molecule has 1 heterocycles. The van der Waals surface area contributed by atoms with Crippen LogP contribution in [0.25, 0.3) is 0 Å². The fraction of sp³-hybridized carbons (Fsp3) is 0.238. The largest absolute Gasteiger partial charge is 0.465 e. The average molecular weight is 404 g/mol. The van der Waals surface area contributed by atoms with E-state index in [0.717, 1.165) is 11.1 Å². The van der Waals surface area contributed by atoms with Crippen molar-refractivity contribution in [2.75, 3.05) is 7.11 Å². The highest BCUT2D eigenvalue weighted by molar-refractivity contribution is 6.42. The molecule has 0 bridgehead atoms. The normalized spacial score (nSPS) is 16.8. The monoisotopic (exact) mass is 403 g/mol. The van der Waals surface area contributed by atoms with E-state index >= 15 is 0 Å². The molecule has 27 heavy (non-hydrogen) atoms. The van der Waals surface area contributed by atoms with Crippen LogP contribution >= 0.6 is 23.2 Å². The summed E-state index contributed by atoms with van der Waals surface area (Å²) in [6, 6.07) is 9.93. The zero-order valence-corrected chi connectivity index (χ0v) is 16.6. The van der Waals surface area contributed by atoms with E-state index in [1.165, 1.54) is 7.11 Å². The van der Waals surface area contributed by atoms with Crippen LogP contribution in [-0.4, -0.2) is 23.9 Å². The highest BCUT2D eigenvalue weighted by Gasteiger charge is 2.39. The lowest BCUT2D eigenvalue weighted by molar-refractivity contribution is 0.0600. The summed E-state index contributed by atoms with van der Waals surface area (Å²) >= 11 is 12.2. The maximum atomic E-state index is 13.1. The Bertz CT molecular complexity index is 926. The second kappa shape index (κ2) is 7.75. The molecule has 0 saturated heterocycles. The van der Waals surface area contributed by atoms with Crippen LogP contribution in [0.5, 0.6) is 0 Å². The van der Waals surface area contributed by atoms with E-state index < -0.39 is 5.97 Å². The number of fused-ring (bicyclic) bond motifs is 1. The van der Waals surface area contributed by atoms with E-state index in [1.54, 1.807) is 41.3 Å². The summed E-state index contributed by atoms with van der Waals surface area (Å²) in [6.07, 6.45) is 2.34. The summed E-state index contributed by atoms with van der Waals surface area (Å²) in [7, 11) is 1.33. The van der Waals surface area contributed by atoms with Gasteiger partial charge in [-0.3, -0.25) is 4.79 Å². The van der Waals surface area contributed by atoms with E-state index in [9.17, 15) is 9.59 Å². The molecule has 2 aromatic rings. The Morgan fingerprint density at radius 1 is 1.26 bits per heavy atom. The van der Waals surface area contributed by atoms with Gasteiger partial charge in [-0.05, 0) is 54.8 Å². The summed E-state index contributed by atoms with van der Waals surface area (Å²) in [4.78, 5) is 26.8. The first-order chi connectivity index (χ1) is 12.9. The zero-order valence-electron chi connectivity index (χ0n) is 15.0. The van der Waals surface area contributed by atoms with Crippen LogP contribution in [-0.2, 0) is 4.74 Å². The van der Waals surface area contributed by atoms with Gasteiger partial charge in [0, 0.05) is 5.56 Å². The van der Waals surface area contributed by atoms with Crippen LogP contribution in [0.2, 0.25) is 10.0 Å². The van der Waals surface area contributed by atoms with Crippen LogP contribution in [0.3, 0.4) is 0 Å². The summed E-state index contributed by atoms with van der Waals surface area (Å²) in [5, 5.41) is 0.901. The van der Waals surface area contributed by atoms with Gasteiger partial charge in [-0.25, -0.2) is 4.79 Å². The van der Waals surface area contributed by atoms with Crippen molar-refractivity contribution in [1.82, 2.24) is 4.90 Å². The smallest absolute Gasteiger partial charge is 0.337 e. The van der Waals surface area contributed by atoms with Crippen molar-refractivity contribution in [2.45, 2.75) is 25.4 Å². The van der Waals surface area contributed by atoms with Crippen molar-refractivity contribution < 1.29 is 14.3 Å². The fourth-order valence-electron chi connectivity index (χ4n) is 3.51.